The summed E-state index contributed by atoms with van der Waals surface area (Å²) in [6.45, 7) is 0. The van der Waals surface area contributed by atoms with E-state index < -0.39 is 54.7 Å². The molecule has 0 heterocycles. The van der Waals surface area contributed by atoms with Crippen molar-refractivity contribution in [3.05, 3.63) is 180 Å². The van der Waals surface area contributed by atoms with Crippen molar-refractivity contribution < 1.29 is 72.3 Å². The first kappa shape index (κ1) is 52.4. The van der Waals surface area contributed by atoms with E-state index in [1.165, 1.54) is 0 Å². The molecule has 3 aliphatic carbocycles. The molecule has 0 atom stereocenters. The van der Waals surface area contributed by atoms with Crippen LogP contribution in [0.3, 0.4) is 0 Å². The van der Waals surface area contributed by atoms with Crippen LogP contribution in [0.15, 0.2) is 164 Å². The first-order valence-electron chi connectivity index (χ1n) is 25.9. The number of carbonyl (C=O) groups excluding carboxylic acids is 6. The van der Waals surface area contributed by atoms with E-state index in [-0.39, 0.29) is 40.4 Å². The van der Waals surface area contributed by atoms with Crippen molar-refractivity contribution in [1.82, 2.24) is 0 Å². The highest BCUT2D eigenvalue weighted by atomic mass is 17.2. The van der Waals surface area contributed by atoms with Gasteiger partial charge >= 0.3 is 36.4 Å². The highest BCUT2D eigenvalue weighted by Gasteiger charge is 2.42. The zero-order valence-electron chi connectivity index (χ0n) is 41.7. The summed E-state index contributed by atoms with van der Waals surface area (Å²) in [5.41, 5.74) is 6.37. The van der Waals surface area contributed by atoms with Gasteiger partial charge in [0.05, 0.1) is 16.7 Å². The van der Waals surface area contributed by atoms with E-state index in [1.807, 2.05) is 91.0 Å². The largest absolute Gasteiger partial charge is 0.550 e. The van der Waals surface area contributed by atoms with E-state index in [9.17, 15) is 28.8 Å². The molecule has 15 nitrogen and oxygen atoms in total. The minimum Gasteiger partial charge on any atom is -0.428 e. The summed E-state index contributed by atoms with van der Waals surface area (Å²) in [4.78, 5) is 105. The van der Waals surface area contributed by atoms with Crippen molar-refractivity contribution in [2.24, 2.45) is 23.7 Å². The van der Waals surface area contributed by atoms with Crippen LogP contribution in [0, 0.1) is 23.7 Å². The average molecular weight is 1030 g/mol. The summed E-state index contributed by atoms with van der Waals surface area (Å²) < 4.78 is 16.8. The fraction of sp³-hybridized carbons (Fsp3) is 0.311. The van der Waals surface area contributed by atoms with Gasteiger partial charge in [0.25, 0.3) is 0 Å². The van der Waals surface area contributed by atoms with E-state index in [1.54, 1.807) is 72.8 Å². The van der Waals surface area contributed by atoms with E-state index >= 15 is 0 Å². The van der Waals surface area contributed by atoms with Crippen LogP contribution in [0.1, 0.15) is 108 Å². The Bertz CT molecular complexity index is 2550. The molecule has 0 spiro atoms. The summed E-state index contributed by atoms with van der Waals surface area (Å²) in [5, 5.41) is 0. The Labute approximate surface area is 440 Å². The second-order valence-electron chi connectivity index (χ2n) is 19.5. The second kappa shape index (κ2) is 25.7. The molecule has 9 rings (SSSR count). The molecular weight excluding hydrogens is 973 g/mol. The second-order valence-corrected chi connectivity index (χ2v) is 19.5. The van der Waals surface area contributed by atoms with Crippen LogP contribution in [-0.2, 0) is 43.5 Å². The molecule has 0 radical (unpaired) electrons. The third-order valence-electron chi connectivity index (χ3n) is 14.8. The fourth-order valence-corrected chi connectivity index (χ4v) is 11.0. The fourth-order valence-electron chi connectivity index (χ4n) is 11.0. The maximum absolute atomic E-state index is 12.7. The van der Waals surface area contributed by atoms with Gasteiger partial charge in [-0.3, -0.25) is 0 Å². The Morgan fingerprint density at radius 1 is 0.276 bits per heavy atom. The van der Waals surface area contributed by atoms with Gasteiger partial charge in [0, 0.05) is 0 Å². The Morgan fingerprint density at radius 3 is 0.737 bits per heavy atom. The Morgan fingerprint density at radius 2 is 0.500 bits per heavy atom. The van der Waals surface area contributed by atoms with Crippen LogP contribution < -0.4 is 0 Å². The molecule has 3 saturated carbocycles. The minimum atomic E-state index is -1.09. The van der Waals surface area contributed by atoms with E-state index in [0.717, 1.165) is 71.9 Å². The smallest absolute Gasteiger partial charge is 0.428 e. The van der Waals surface area contributed by atoms with Crippen LogP contribution in [0.5, 0.6) is 0 Å². The third kappa shape index (κ3) is 14.2. The van der Waals surface area contributed by atoms with Gasteiger partial charge in [-0.1, -0.05) is 127 Å². The van der Waals surface area contributed by atoms with Gasteiger partial charge in [0.2, 0.25) is 0 Å². The van der Waals surface area contributed by atoms with Gasteiger partial charge in [0.1, 0.15) is 18.3 Å². The van der Waals surface area contributed by atoms with Crippen LogP contribution in [0.25, 0.3) is 33.4 Å². The number of hydrogen-bond acceptors (Lipinski definition) is 15. The Hall–Kier alpha value is -8.46. The topological polar surface area (TPSA) is 185 Å². The normalized spacial score (nSPS) is 20.5. The molecule has 76 heavy (non-hydrogen) atoms. The van der Waals surface area contributed by atoms with Gasteiger partial charge in [0.15, 0.2) is 0 Å². The lowest BCUT2D eigenvalue weighted by molar-refractivity contribution is -0.209. The molecule has 392 valence electrons. The van der Waals surface area contributed by atoms with Gasteiger partial charge in [-0.25, -0.2) is 43.7 Å². The molecule has 0 bridgehead atoms. The molecule has 3 fully saturated rings. The first-order valence-corrected chi connectivity index (χ1v) is 25.9. The van der Waals surface area contributed by atoms with Gasteiger partial charge < -0.3 is 14.2 Å². The van der Waals surface area contributed by atoms with Gasteiger partial charge in [-0.15, -0.1) is 0 Å². The molecule has 0 N–H and O–H groups in total. The van der Waals surface area contributed by atoms with Crippen molar-refractivity contribution in [3.8, 4) is 33.4 Å². The molecule has 0 amide bonds. The number of ether oxygens (including phenoxy) is 3. The predicted molar refractivity (Wildman–Crippen MR) is 275 cm³/mol. The van der Waals surface area contributed by atoms with Crippen molar-refractivity contribution in [2.75, 3.05) is 0 Å². The maximum atomic E-state index is 12.7. The molecule has 0 saturated heterocycles. The summed E-state index contributed by atoms with van der Waals surface area (Å²) in [6, 6.07) is 49.4. The summed E-state index contributed by atoms with van der Waals surface area (Å²) in [6.07, 6.45) is 3.44. The number of benzene rings is 6. The highest BCUT2D eigenvalue weighted by molar-refractivity contribution is 5.91. The number of rotatable bonds is 12. The zero-order chi connectivity index (χ0) is 52.6. The predicted octanol–water partition coefficient (Wildman–Crippen LogP) is 14.1. The zero-order valence-corrected chi connectivity index (χ0v) is 41.7. The van der Waals surface area contributed by atoms with Crippen LogP contribution >= 0.6 is 0 Å². The molecule has 0 unspecified atom stereocenters. The number of hydrogen-bond donors (Lipinski definition) is 0. The van der Waals surface area contributed by atoms with E-state index in [2.05, 4.69) is 0 Å². The summed E-state index contributed by atoms with van der Waals surface area (Å²) in [7, 11) is 0. The lowest BCUT2D eigenvalue weighted by Crippen LogP contribution is -2.39. The number of carbonyl (C=O) groups is 6. The molecule has 6 aromatic rings. The summed E-state index contributed by atoms with van der Waals surface area (Å²) in [5.74, 6) is -1.41. The van der Waals surface area contributed by atoms with Crippen molar-refractivity contribution in [1.29, 1.82) is 0 Å². The average Bonchev–Trinajstić information content (AvgIpc) is 3.47. The monoisotopic (exact) mass is 1030 g/mol. The quantitative estimate of drug-likeness (QED) is 0.0487. The van der Waals surface area contributed by atoms with Gasteiger partial charge in [-0.2, -0.15) is 14.4 Å². The molecule has 0 aromatic heterocycles. The van der Waals surface area contributed by atoms with Crippen molar-refractivity contribution in [2.45, 2.75) is 95.4 Å². The first-order chi connectivity index (χ1) is 37.1. The Kier molecular flexibility index (Phi) is 17.7. The Balaban J connectivity index is 0.749. The third-order valence-corrected chi connectivity index (χ3v) is 14.8. The van der Waals surface area contributed by atoms with Crippen LogP contribution in [0.2, 0.25) is 0 Å². The van der Waals surface area contributed by atoms with E-state index in [4.69, 9.17) is 43.5 Å². The summed E-state index contributed by atoms with van der Waals surface area (Å²) >= 11 is 0. The standard InChI is InChI=1S/C61H58O15/c62-56(49-22-16-43(17-23-49)40-10-4-1-5-11-40)71-74-59(65)68-52-34-28-46(29-35-52)55(47-30-36-53(37-31-47)69-60(66)75-72-57(63)50-24-18-44(19-25-50)41-12-6-2-7-13-41)48-32-38-54(39-33-48)70-61(67)76-73-58(64)51-26-20-45(21-27-51)42-14-8-3-9-15-42/h1-27,46-48,52-55H,28-39H2. The lowest BCUT2D eigenvalue weighted by Gasteiger charge is -2.45. The van der Waals surface area contributed by atoms with E-state index in [0.29, 0.717) is 38.5 Å². The molecular formula is C61H58O15. The minimum absolute atomic E-state index is 0.213. The van der Waals surface area contributed by atoms with Crippen LogP contribution in [0.4, 0.5) is 14.4 Å². The lowest BCUT2D eigenvalue weighted by atomic mass is 9.61. The van der Waals surface area contributed by atoms with Crippen molar-refractivity contribution in [3.63, 3.8) is 0 Å². The van der Waals surface area contributed by atoms with Crippen molar-refractivity contribution >= 4 is 36.4 Å². The molecule has 0 aliphatic heterocycles. The molecule has 15 heteroatoms. The SMILES string of the molecule is O=C(OOC(=O)c1ccc(-c2ccccc2)cc1)OC1CCC(C(C2CCC(OC(=O)OOC(=O)c3ccc(-c4ccccc4)cc3)CC2)C2CCC(OC(=O)OOC(=O)c3ccc(-c4ccccc4)cc3)CC2)CC1. The van der Waals surface area contributed by atoms with Crippen LogP contribution in [-0.4, -0.2) is 54.7 Å². The maximum Gasteiger partial charge on any atom is 0.550 e. The highest BCUT2D eigenvalue weighted by Crippen LogP contribution is 2.48. The molecule has 6 aromatic carbocycles. The molecule has 3 aliphatic rings. The van der Waals surface area contributed by atoms with Gasteiger partial charge in [-0.05, 0) is 171 Å².